The van der Waals surface area contributed by atoms with Gasteiger partial charge in [0.15, 0.2) is 0 Å². The second kappa shape index (κ2) is 5.47. The van der Waals surface area contributed by atoms with E-state index in [2.05, 4.69) is 47.3 Å². The van der Waals surface area contributed by atoms with Crippen molar-refractivity contribution in [3.8, 4) is 11.4 Å². The largest absolute Gasteiger partial charge is 0.353 e. The first kappa shape index (κ1) is 16.6. The zero-order valence-electron chi connectivity index (χ0n) is 16.2. The molecule has 1 amide bonds. The highest BCUT2D eigenvalue weighted by atomic mass is 16.1. The first-order valence-electron chi connectivity index (χ1n) is 9.88. The number of benzene rings is 1. The molecule has 1 aromatic carbocycles. The molecule has 3 aromatic rings. The van der Waals surface area contributed by atoms with Gasteiger partial charge >= 0.3 is 0 Å². The predicted molar refractivity (Wildman–Crippen MR) is 107 cm³/mol. The van der Waals surface area contributed by atoms with E-state index in [1.165, 1.54) is 24.0 Å². The predicted octanol–water partition coefficient (Wildman–Crippen LogP) is 4.45. The van der Waals surface area contributed by atoms with Crippen molar-refractivity contribution in [2.75, 3.05) is 0 Å². The summed E-state index contributed by atoms with van der Waals surface area (Å²) in [6, 6.07) is 6.02. The number of H-pyrrole nitrogens is 2. The summed E-state index contributed by atoms with van der Waals surface area (Å²) in [4.78, 5) is 16.5. The molecule has 5 heteroatoms. The van der Waals surface area contributed by atoms with Crippen molar-refractivity contribution in [1.82, 2.24) is 20.5 Å². The minimum absolute atomic E-state index is 0.0169. The molecule has 0 spiro atoms. The number of amides is 1. The van der Waals surface area contributed by atoms with E-state index in [4.69, 9.17) is 0 Å². The molecule has 0 bridgehead atoms. The van der Waals surface area contributed by atoms with Gasteiger partial charge in [0.1, 0.15) is 0 Å². The van der Waals surface area contributed by atoms with Gasteiger partial charge in [-0.25, -0.2) is 0 Å². The number of nitrogens with zero attached hydrogens (tertiary/aromatic N) is 1. The van der Waals surface area contributed by atoms with Crippen molar-refractivity contribution in [2.24, 2.45) is 0 Å². The fourth-order valence-electron chi connectivity index (χ4n) is 5.08. The third-order valence-corrected chi connectivity index (χ3v) is 6.46. The number of hydrogen-bond acceptors (Lipinski definition) is 2. The molecule has 0 unspecified atom stereocenters. The molecule has 0 radical (unpaired) electrons. The summed E-state index contributed by atoms with van der Waals surface area (Å²) in [6.07, 6.45) is 7.38. The lowest BCUT2D eigenvalue weighted by Gasteiger charge is -2.30. The lowest BCUT2D eigenvalue weighted by atomic mass is 9.73. The smallest absolute Gasteiger partial charge is 0.251 e. The van der Waals surface area contributed by atoms with Crippen LogP contribution in [0, 0.1) is 0 Å². The average molecular weight is 362 g/mol. The highest BCUT2D eigenvalue weighted by molar-refractivity contribution is 6.01. The van der Waals surface area contributed by atoms with E-state index < -0.39 is 0 Å². The Morgan fingerprint density at radius 3 is 2.70 bits per heavy atom. The Morgan fingerprint density at radius 1 is 1.15 bits per heavy atom. The van der Waals surface area contributed by atoms with E-state index in [0.717, 1.165) is 47.1 Å². The molecule has 2 heterocycles. The Kier molecular flexibility index (Phi) is 3.37. The van der Waals surface area contributed by atoms with Crippen LogP contribution in [0.2, 0.25) is 0 Å². The summed E-state index contributed by atoms with van der Waals surface area (Å²) in [6.45, 7) is 6.69. The molecule has 0 atom stereocenters. The molecular formula is C22H26N4O. The van der Waals surface area contributed by atoms with Gasteiger partial charge < -0.3 is 10.3 Å². The molecule has 2 aromatic heterocycles. The van der Waals surface area contributed by atoms with E-state index in [1.807, 2.05) is 18.3 Å². The Bertz CT molecular complexity index is 1050. The number of hydrogen-bond donors (Lipinski definition) is 3. The van der Waals surface area contributed by atoms with E-state index >= 15 is 0 Å². The lowest BCUT2D eigenvalue weighted by molar-refractivity contribution is 0.0908. The van der Waals surface area contributed by atoms with Gasteiger partial charge in [0, 0.05) is 27.6 Å². The molecule has 2 aliphatic rings. The maximum Gasteiger partial charge on any atom is 0.251 e. The zero-order chi connectivity index (χ0) is 18.8. The molecule has 2 aliphatic carbocycles. The summed E-state index contributed by atoms with van der Waals surface area (Å²) in [7, 11) is 0. The number of rotatable bonds is 2. The maximum absolute atomic E-state index is 12.9. The quantitative estimate of drug-likeness (QED) is 0.630. The van der Waals surface area contributed by atoms with Crippen LogP contribution < -0.4 is 5.32 Å². The Morgan fingerprint density at radius 2 is 1.93 bits per heavy atom. The van der Waals surface area contributed by atoms with Gasteiger partial charge in [-0.2, -0.15) is 5.10 Å². The maximum atomic E-state index is 12.9. The Hall–Kier alpha value is -2.56. The van der Waals surface area contributed by atoms with Gasteiger partial charge in [-0.1, -0.05) is 26.7 Å². The first-order valence-corrected chi connectivity index (χ1v) is 9.88. The first-order chi connectivity index (χ1) is 12.9. The van der Waals surface area contributed by atoms with Crippen molar-refractivity contribution in [2.45, 2.75) is 63.8 Å². The van der Waals surface area contributed by atoms with Crippen molar-refractivity contribution in [3.05, 3.63) is 41.1 Å². The summed E-state index contributed by atoms with van der Waals surface area (Å²) in [5, 5.41) is 11.8. The fraction of sp³-hybridized carbons (Fsp3) is 0.455. The van der Waals surface area contributed by atoms with Gasteiger partial charge in [-0.3, -0.25) is 9.89 Å². The van der Waals surface area contributed by atoms with Crippen LogP contribution in [0.3, 0.4) is 0 Å². The van der Waals surface area contributed by atoms with Crippen LogP contribution in [0.4, 0.5) is 0 Å². The Labute approximate surface area is 158 Å². The molecule has 140 valence electrons. The number of aromatic nitrogens is 3. The summed E-state index contributed by atoms with van der Waals surface area (Å²) in [5.41, 5.74) is 6.43. The topological polar surface area (TPSA) is 73.6 Å². The van der Waals surface area contributed by atoms with Crippen molar-refractivity contribution < 1.29 is 4.79 Å². The van der Waals surface area contributed by atoms with E-state index in [1.54, 1.807) is 0 Å². The molecular weight excluding hydrogens is 336 g/mol. The molecule has 0 saturated heterocycles. The van der Waals surface area contributed by atoms with Gasteiger partial charge in [0.25, 0.3) is 5.91 Å². The normalized spacial score (nSPS) is 19.7. The van der Waals surface area contributed by atoms with E-state index in [9.17, 15) is 4.79 Å². The van der Waals surface area contributed by atoms with Crippen LogP contribution in [-0.4, -0.2) is 26.6 Å². The molecule has 1 fully saturated rings. The van der Waals surface area contributed by atoms with Crippen LogP contribution in [0.1, 0.15) is 67.9 Å². The average Bonchev–Trinajstić information content (AvgIpc) is 3.31. The third-order valence-electron chi connectivity index (χ3n) is 6.46. The molecule has 1 saturated carbocycles. The second-order valence-corrected chi connectivity index (χ2v) is 9.19. The highest BCUT2D eigenvalue weighted by Crippen LogP contribution is 2.45. The zero-order valence-corrected chi connectivity index (χ0v) is 16.2. The SMILES string of the molecule is CC1(NC(=O)c2ccc3[nH]c4c(c3c2)C(C)(C)Cc2cn[nH]c2-4)CCCC1. The number of carbonyl (C=O) groups excluding carboxylic acids is 1. The summed E-state index contributed by atoms with van der Waals surface area (Å²) in [5.74, 6) is 0.0343. The molecule has 0 aliphatic heterocycles. The minimum Gasteiger partial charge on any atom is -0.353 e. The van der Waals surface area contributed by atoms with Gasteiger partial charge in [0.2, 0.25) is 0 Å². The molecule has 3 N–H and O–H groups in total. The number of carbonyl (C=O) groups is 1. The fourth-order valence-corrected chi connectivity index (χ4v) is 5.08. The van der Waals surface area contributed by atoms with Crippen LogP contribution in [-0.2, 0) is 11.8 Å². The van der Waals surface area contributed by atoms with Crippen LogP contribution in [0.5, 0.6) is 0 Å². The van der Waals surface area contributed by atoms with Crippen LogP contribution in [0.25, 0.3) is 22.3 Å². The van der Waals surface area contributed by atoms with Crippen molar-refractivity contribution in [3.63, 3.8) is 0 Å². The van der Waals surface area contributed by atoms with Crippen molar-refractivity contribution >= 4 is 16.8 Å². The number of fused-ring (bicyclic) bond motifs is 5. The molecule has 5 rings (SSSR count). The number of aromatic amines is 2. The Balaban J connectivity index is 1.60. The third kappa shape index (κ3) is 2.52. The van der Waals surface area contributed by atoms with E-state index in [0.29, 0.717) is 0 Å². The lowest BCUT2D eigenvalue weighted by Crippen LogP contribution is -2.43. The van der Waals surface area contributed by atoms with Gasteiger partial charge in [0.05, 0.1) is 17.6 Å². The van der Waals surface area contributed by atoms with Gasteiger partial charge in [-0.15, -0.1) is 0 Å². The minimum atomic E-state index is -0.0618. The molecule has 27 heavy (non-hydrogen) atoms. The second-order valence-electron chi connectivity index (χ2n) is 9.19. The van der Waals surface area contributed by atoms with Crippen LogP contribution in [0.15, 0.2) is 24.4 Å². The summed E-state index contributed by atoms with van der Waals surface area (Å²) < 4.78 is 0. The monoisotopic (exact) mass is 362 g/mol. The highest BCUT2D eigenvalue weighted by Gasteiger charge is 2.36. The van der Waals surface area contributed by atoms with Crippen LogP contribution >= 0.6 is 0 Å². The standard InChI is InChI=1S/C22H26N4O/c1-21(2)11-14-12-23-26-18(14)19-17(21)15-10-13(6-7-16(15)24-19)20(27)25-22(3)8-4-5-9-22/h6-7,10,12,24H,4-5,8-9,11H2,1-3H3,(H,23,26)(H,25,27). The molecule has 5 nitrogen and oxygen atoms in total. The van der Waals surface area contributed by atoms with Gasteiger partial charge in [-0.05, 0) is 55.4 Å². The number of nitrogens with one attached hydrogen (secondary N) is 3. The summed E-state index contributed by atoms with van der Waals surface area (Å²) >= 11 is 0. The van der Waals surface area contributed by atoms with E-state index in [-0.39, 0.29) is 16.9 Å². The van der Waals surface area contributed by atoms with Crippen molar-refractivity contribution in [1.29, 1.82) is 0 Å².